The number of urea groups is 1. The van der Waals surface area contributed by atoms with Crippen LogP contribution < -0.4 is 5.32 Å². The third-order valence-corrected chi connectivity index (χ3v) is 8.14. The number of rotatable bonds is 8. The van der Waals surface area contributed by atoms with Gasteiger partial charge in [0.15, 0.2) is 5.60 Å². The number of phosphoric acid groups is 3. The molecule has 2 rings (SSSR count). The second kappa shape index (κ2) is 8.82. The Bertz CT molecular complexity index is 973. The Morgan fingerprint density at radius 1 is 1.22 bits per heavy atom. The summed E-state index contributed by atoms with van der Waals surface area (Å²) in [6, 6.07) is 0.381. The SMILES string of the molecule is C[C@]1(O)[C@@H](O)[C@H](COP(=O)(O)OP(=O)(O)OP(=O)(O)O)O[C@]1(C#N)N1CCC(=O)NC1=O. The number of nitriles is 1. The summed E-state index contributed by atoms with van der Waals surface area (Å²) in [7, 11) is -17.0. The van der Waals surface area contributed by atoms with E-state index in [0.717, 1.165) is 6.92 Å². The van der Waals surface area contributed by atoms with E-state index in [1.807, 2.05) is 5.32 Å². The van der Waals surface area contributed by atoms with Gasteiger partial charge in [0, 0.05) is 13.0 Å². The Kier molecular flexibility index (Phi) is 7.43. The summed E-state index contributed by atoms with van der Waals surface area (Å²) in [4.78, 5) is 59.7. The van der Waals surface area contributed by atoms with Gasteiger partial charge in [-0.25, -0.2) is 18.5 Å². The number of nitrogens with zero attached hydrogens (tertiary/aromatic N) is 2. The number of hydrogen-bond acceptors (Lipinski definition) is 12. The van der Waals surface area contributed by atoms with Gasteiger partial charge in [0.2, 0.25) is 5.91 Å². The van der Waals surface area contributed by atoms with E-state index < -0.39 is 72.1 Å². The van der Waals surface area contributed by atoms with E-state index in [1.54, 1.807) is 0 Å². The van der Waals surface area contributed by atoms with Gasteiger partial charge in [0.1, 0.15) is 18.3 Å². The number of phosphoric ester groups is 1. The normalized spacial score (nSPS) is 35.0. The highest BCUT2D eigenvalue weighted by Crippen LogP contribution is 2.66. The van der Waals surface area contributed by atoms with Crippen molar-refractivity contribution in [3.63, 3.8) is 0 Å². The van der Waals surface area contributed by atoms with Gasteiger partial charge in [-0.2, -0.15) is 13.9 Å². The molecule has 2 unspecified atom stereocenters. The molecule has 2 aliphatic rings. The molecule has 0 aliphatic carbocycles. The van der Waals surface area contributed by atoms with Gasteiger partial charge < -0.3 is 34.5 Å². The molecule has 6 atom stereocenters. The lowest BCUT2D eigenvalue weighted by Gasteiger charge is -2.43. The van der Waals surface area contributed by atoms with E-state index >= 15 is 0 Å². The van der Waals surface area contributed by atoms with Crippen molar-refractivity contribution in [2.75, 3.05) is 13.2 Å². The molecule has 18 nitrogen and oxygen atoms in total. The average Bonchev–Trinajstić information content (AvgIpc) is 2.77. The Labute approximate surface area is 178 Å². The number of ether oxygens (including phenoxy) is 1. The number of amides is 3. The molecule has 182 valence electrons. The minimum atomic E-state index is -5.80. The number of imide groups is 1. The van der Waals surface area contributed by atoms with Crippen LogP contribution in [0.25, 0.3) is 0 Å². The minimum absolute atomic E-state index is 0.281. The van der Waals surface area contributed by atoms with Gasteiger partial charge in [-0.1, -0.05) is 0 Å². The van der Waals surface area contributed by atoms with Crippen LogP contribution in [-0.4, -0.2) is 83.3 Å². The Morgan fingerprint density at radius 3 is 2.31 bits per heavy atom. The fourth-order valence-electron chi connectivity index (χ4n) is 2.96. The molecular formula is C11H18N3O15P3. The van der Waals surface area contributed by atoms with Crippen LogP contribution in [0.2, 0.25) is 0 Å². The Morgan fingerprint density at radius 2 is 1.81 bits per heavy atom. The topological polar surface area (TPSA) is 283 Å². The van der Waals surface area contributed by atoms with Gasteiger partial charge in [0.25, 0.3) is 5.72 Å². The number of hydrogen-bond donors (Lipinski definition) is 7. The standard InChI is InChI=1S/C11H18N3O15P3/c1-10(18)8(16)6(4-26-31(22,23)29-32(24,25)28-30(19,20)21)27-11(10,5-12)14-3-2-7(15)13-9(14)17/h6,8,16,18H,2-4H2,1H3,(H,22,23)(H,24,25)(H,13,15,17)(H2,19,20,21)/t6-,8-,10-,11-/m0/s1. The van der Waals surface area contributed by atoms with Crippen molar-refractivity contribution in [2.24, 2.45) is 0 Å². The van der Waals surface area contributed by atoms with Crippen molar-refractivity contribution < 1.29 is 71.0 Å². The number of aliphatic hydroxyl groups is 2. The van der Waals surface area contributed by atoms with E-state index in [4.69, 9.17) is 19.4 Å². The van der Waals surface area contributed by atoms with Crippen LogP contribution >= 0.6 is 23.5 Å². The monoisotopic (exact) mass is 525 g/mol. The van der Waals surface area contributed by atoms with Crippen LogP contribution in [0.15, 0.2) is 0 Å². The van der Waals surface area contributed by atoms with Gasteiger partial charge in [-0.15, -0.1) is 0 Å². The van der Waals surface area contributed by atoms with Crippen LogP contribution in [0, 0.1) is 11.3 Å². The zero-order valence-corrected chi connectivity index (χ0v) is 18.6. The first-order valence-electron chi connectivity index (χ1n) is 8.25. The van der Waals surface area contributed by atoms with Gasteiger partial charge in [-0.05, 0) is 6.92 Å². The molecule has 2 heterocycles. The molecule has 0 spiro atoms. The molecule has 2 fully saturated rings. The highest BCUT2D eigenvalue weighted by molar-refractivity contribution is 7.66. The fourth-order valence-corrected chi connectivity index (χ4v) is 5.99. The largest absolute Gasteiger partial charge is 0.490 e. The van der Waals surface area contributed by atoms with E-state index in [-0.39, 0.29) is 6.42 Å². The van der Waals surface area contributed by atoms with Gasteiger partial charge in [-0.3, -0.25) is 19.5 Å². The van der Waals surface area contributed by atoms with E-state index in [0.29, 0.717) is 4.90 Å². The van der Waals surface area contributed by atoms with Crippen molar-refractivity contribution in [3.05, 3.63) is 0 Å². The summed E-state index contributed by atoms with van der Waals surface area (Å²) >= 11 is 0. The Balaban J connectivity index is 2.18. The van der Waals surface area contributed by atoms with Crippen molar-refractivity contribution in [1.82, 2.24) is 10.2 Å². The summed E-state index contributed by atoms with van der Waals surface area (Å²) in [6.45, 7) is -0.696. The minimum Gasteiger partial charge on any atom is -0.387 e. The van der Waals surface area contributed by atoms with Crippen molar-refractivity contribution >= 4 is 35.4 Å². The van der Waals surface area contributed by atoms with E-state index in [2.05, 4.69) is 13.1 Å². The number of nitrogens with one attached hydrogen (secondary N) is 1. The molecule has 2 saturated heterocycles. The van der Waals surface area contributed by atoms with Crippen LogP contribution in [0.4, 0.5) is 4.79 Å². The maximum atomic E-state index is 12.1. The zero-order valence-electron chi connectivity index (χ0n) is 15.9. The van der Waals surface area contributed by atoms with Crippen molar-refractivity contribution in [2.45, 2.75) is 36.9 Å². The summed E-state index contributed by atoms with van der Waals surface area (Å²) < 4.78 is 50.4. The molecule has 3 amide bonds. The van der Waals surface area contributed by atoms with Gasteiger partial charge in [0.05, 0.1) is 6.61 Å². The molecule has 7 N–H and O–H groups in total. The molecule has 0 aromatic heterocycles. The first-order chi connectivity index (χ1) is 14.4. The lowest BCUT2D eigenvalue weighted by molar-refractivity contribution is -0.172. The maximum Gasteiger partial charge on any atom is 0.490 e. The maximum absolute atomic E-state index is 12.1. The summed E-state index contributed by atoms with van der Waals surface area (Å²) in [5, 5.41) is 32.6. The third kappa shape index (κ3) is 5.61. The first-order valence-corrected chi connectivity index (χ1v) is 12.8. The third-order valence-electron chi connectivity index (χ3n) is 4.34. The molecule has 0 aromatic carbocycles. The van der Waals surface area contributed by atoms with Crippen LogP contribution in [-0.2, 0) is 36.4 Å². The van der Waals surface area contributed by atoms with Crippen LogP contribution in [0.3, 0.4) is 0 Å². The molecule has 21 heteroatoms. The molecule has 0 bridgehead atoms. The summed E-state index contributed by atoms with van der Waals surface area (Å²) in [6.07, 6.45) is -4.16. The molecule has 0 aromatic rings. The second-order valence-corrected chi connectivity index (χ2v) is 11.1. The lowest BCUT2D eigenvalue weighted by Crippen LogP contribution is -2.68. The fraction of sp³-hybridized carbons (Fsp3) is 0.727. The molecule has 2 aliphatic heterocycles. The lowest BCUT2D eigenvalue weighted by atomic mass is 9.87. The number of carbonyl (C=O) groups excluding carboxylic acids is 2. The predicted molar refractivity (Wildman–Crippen MR) is 94.5 cm³/mol. The number of aliphatic hydroxyl groups excluding tert-OH is 1. The van der Waals surface area contributed by atoms with E-state index in [9.17, 15) is 43.7 Å². The molecular weight excluding hydrogens is 507 g/mol. The van der Waals surface area contributed by atoms with E-state index in [1.165, 1.54) is 6.07 Å². The molecule has 0 radical (unpaired) electrons. The quantitative estimate of drug-likeness (QED) is 0.169. The van der Waals surface area contributed by atoms with Crippen LogP contribution in [0.5, 0.6) is 0 Å². The Hall–Kier alpha value is -1.28. The van der Waals surface area contributed by atoms with Gasteiger partial charge >= 0.3 is 29.5 Å². The number of carbonyl (C=O) groups is 2. The highest BCUT2D eigenvalue weighted by Gasteiger charge is 2.68. The summed E-state index contributed by atoms with van der Waals surface area (Å²) in [5.41, 5.74) is -5.13. The average molecular weight is 525 g/mol. The molecule has 32 heavy (non-hydrogen) atoms. The molecule has 0 saturated carbocycles. The second-order valence-electron chi connectivity index (χ2n) is 6.65. The van der Waals surface area contributed by atoms with Crippen LogP contribution in [0.1, 0.15) is 13.3 Å². The first kappa shape index (κ1) is 27.0. The van der Waals surface area contributed by atoms with Crippen molar-refractivity contribution in [1.29, 1.82) is 5.26 Å². The van der Waals surface area contributed by atoms with Crippen molar-refractivity contribution in [3.8, 4) is 6.07 Å². The predicted octanol–water partition coefficient (Wildman–Crippen LogP) is -2.00. The highest BCUT2D eigenvalue weighted by atomic mass is 31.3. The summed E-state index contributed by atoms with van der Waals surface area (Å²) in [5.74, 6) is -0.679. The zero-order chi connectivity index (χ0) is 24.8. The smallest absolute Gasteiger partial charge is 0.387 e.